The summed E-state index contributed by atoms with van der Waals surface area (Å²) in [4.78, 5) is 8.77. The van der Waals surface area contributed by atoms with Crippen LogP contribution in [0.5, 0.6) is 11.5 Å². The fourth-order valence-corrected chi connectivity index (χ4v) is 10.6. The Kier molecular flexibility index (Phi) is 10.8. The van der Waals surface area contributed by atoms with Gasteiger partial charge in [-0.15, -0.1) is 48.1 Å². The van der Waals surface area contributed by atoms with E-state index in [0.29, 0.717) is 78.4 Å². The van der Waals surface area contributed by atoms with Gasteiger partial charge in [-0.05, 0) is 138 Å². The maximum atomic E-state index is 10.5. The van der Waals surface area contributed by atoms with E-state index in [-0.39, 0.29) is 92.4 Å². The average Bonchev–Trinajstić information content (AvgIpc) is 1.04. The first-order valence-electron chi connectivity index (χ1n) is 32.0. The number of aromatic nitrogens is 2. The molecule has 11 rings (SSSR count). The van der Waals surface area contributed by atoms with Crippen LogP contribution in [0.2, 0.25) is 0 Å². The number of nitrogens with zero attached hydrogens (tertiary/aromatic N) is 4. The maximum Gasteiger partial charge on any atom is 0.135 e. The van der Waals surface area contributed by atoms with Gasteiger partial charge in [-0.2, -0.15) is 12.1 Å². The Hall–Kier alpha value is -6.42. The van der Waals surface area contributed by atoms with E-state index in [0.717, 1.165) is 46.5 Å². The van der Waals surface area contributed by atoms with E-state index < -0.39 is 27.1 Å². The molecule has 1 aliphatic heterocycles. The van der Waals surface area contributed by atoms with E-state index >= 15 is 0 Å². The van der Waals surface area contributed by atoms with Gasteiger partial charge in [-0.3, -0.25) is 0 Å². The number of ether oxygens (including phenoxy) is 1. The average molecular weight is 1220 g/mol. The van der Waals surface area contributed by atoms with Gasteiger partial charge in [0.25, 0.3) is 0 Å². The molecule has 0 radical (unpaired) electrons. The van der Waals surface area contributed by atoms with Gasteiger partial charge >= 0.3 is 0 Å². The molecule has 2 aromatic heterocycles. The maximum absolute atomic E-state index is 10.5. The van der Waals surface area contributed by atoms with E-state index in [1.165, 1.54) is 0 Å². The predicted molar refractivity (Wildman–Crippen MR) is 325 cm³/mol. The van der Waals surface area contributed by atoms with Gasteiger partial charge < -0.3 is 19.1 Å². The molecule has 5 nitrogen and oxygen atoms in total. The summed E-state index contributed by atoms with van der Waals surface area (Å²) in [6, 6.07) is 31.4. The van der Waals surface area contributed by atoms with E-state index in [2.05, 4.69) is 93.5 Å². The molecule has 404 valence electrons. The summed E-state index contributed by atoms with van der Waals surface area (Å²) in [7, 11) is 0. The van der Waals surface area contributed by atoms with Crippen molar-refractivity contribution in [2.45, 2.75) is 156 Å². The minimum atomic E-state index is -0.681. The second-order valence-electron chi connectivity index (χ2n) is 26.6. The molecule has 1 aliphatic carbocycles. The van der Waals surface area contributed by atoms with Crippen LogP contribution >= 0.6 is 0 Å². The summed E-state index contributed by atoms with van der Waals surface area (Å²) in [6.45, 7) is 35.1. The molecule has 0 spiro atoms. The van der Waals surface area contributed by atoms with Crippen molar-refractivity contribution in [3.05, 3.63) is 198 Å². The summed E-state index contributed by atoms with van der Waals surface area (Å²) in [6.07, 6.45) is 3.29. The Labute approximate surface area is 494 Å². The first-order chi connectivity index (χ1) is 40.4. The SMILES string of the molecule is [2H]c1c([2H])c2c(c([2H])c1-c1cc(C(C)(C)C)cc(-c3c([2H])c(C(C)(C)C)c([2H])c(C(C)(C)C)c3[2H])c1N1[CH-]N(c3[c-]c(Oc4[c-]c5c(cc4)c4c([2H])c([2H])c([2H])c([2H])c4n5-c4cc(C(C)(C)C)ccn4)ccc3)c3ccccc31)C(C)(C)CCC2(C)C.[Pt]. The molecule has 9 aromatic rings. The second kappa shape index (κ2) is 19.4. The van der Waals surface area contributed by atoms with Crippen LogP contribution in [0, 0.1) is 18.8 Å². The molecule has 0 unspecified atom stereocenters. The van der Waals surface area contributed by atoms with E-state index in [1.54, 1.807) is 29.0 Å². The van der Waals surface area contributed by atoms with Gasteiger partial charge in [0, 0.05) is 72.5 Å². The molecule has 0 saturated heterocycles. The number of pyridine rings is 1. The van der Waals surface area contributed by atoms with Crippen LogP contribution < -0.4 is 14.5 Å². The Morgan fingerprint density at radius 2 is 1.17 bits per heavy atom. The molecule has 0 atom stereocenters. The van der Waals surface area contributed by atoms with E-state index in [9.17, 15) is 8.22 Å². The summed E-state index contributed by atoms with van der Waals surface area (Å²) < 4.78 is 105. The summed E-state index contributed by atoms with van der Waals surface area (Å²) in [5, 5.41) is 0.894. The first-order valence-corrected chi connectivity index (χ1v) is 27.0. The van der Waals surface area contributed by atoms with Crippen molar-refractivity contribution >= 4 is 44.6 Å². The zero-order valence-corrected chi connectivity index (χ0v) is 50.4. The van der Waals surface area contributed by atoms with Crippen LogP contribution in [0.1, 0.15) is 171 Å². The quantitative estimate of drug-likeness (QED) is 0.149. The predicted octanol–water partition coefficient (Wildman–Crippen LogP) is 19.9. The van der Waals surface area contributed by atoms with Gasteiger partial charge in [0.2, 0.25) is 0 Å². The largest absolute Gasteiger partial charge is 0.509 e. The minimum absolute atomic E-state index is 0. The van der Waals surface area contributed by atoms with Crippen LogP contribution in [0.3, 0.4) is 0 Å². The molecule has 2 aliphatic rings. The van der Waals surface area contributed by atoms with Crippen LogP contribution in [0.4, 0.5) is 22.7 Å². The number of fused-ring (bicyclic) bond motifs is 5. The standard InChI is InChI=1S/C72H77N4O.Pt/c1-67(2,3)48-32-35-73-65(42-48)76-61-25-18-17-24-55(61)56-30-29-54(44-64(56)76)77-53-23-21-22-52(43-53)74-45-75(63-27-20-19-26-62(63)74)66-57(46-28-31-59-60(38-46)72(15,16)34-33-71(59,13)14)40-51(70(10,11)12)41-58(66)47-36-49(68(4,5)6)39-50(37-47)69(7,8)9;/h17-32,35-42,45H,33-34H2,1-16H3;/q-3;/i17D,18D,24D,25D,28D,31D,36D,37D,38D,39D;. The van der Waals surface area contributed by atoms with Crippen molar-refractivity contribution in [1.82, 2.24) is 9.55 Å². The van der Waals surface area contributed by atoms with Crippen LogP contribution in [0.15, 0.2) is 145 Å². The van der Waals surface area contributed by atoms with Crippen molar-refractivity contribution in [2.24, 2.45) is 0 Å². The Balaban J connectivity index is 0.00000855. The Bertz CT molecular complexity index is 4330. The van der Waals surface area contributed by atoms with Crippen molar-refractivity contribution in [3.63, 3.8) is 0 Å². The molecule has 6 heteroatoms. The Morgan fingerprint density at radius 3 is 1.82 bits per heavy atom. The number of hydrogen-bond donors (Lipinski definition) is 0. The Morgan fingerprint density at radius 1 is 0.564 bits per heavy atom. The number of benzene rings is 7. The molecule has 7 aromatic carbocycles. The number of anilines is 4. The van der Waals surface area contributed by atoms with Crippen LogP contribution in [-0.2, 0) is 53.6 Å². The van der Waals surface area contributed by atoms with Crippen molar-refractivity contribution < 1.29 is 39.5 Å². The molecule has 3 heterocycles. The number of rotatable bonds is 7. The molecule has 78 heavy (non-hydrogen) atoms. The summed E-state index contributed by atoms with van der Waals surface area (Å²) >= 11 is 0. The van der Waals surface area contributed by atoms with Crippen LogP contribution in [0.25, 0.3) is 49.9 Å². The van der Waals surface area contributed by atoms with Gasteiger partial charge in [0.15, 0.2) is 0 Å². The first kappa shape index (κ1) is 43.5. The zero-order chi connectivity index (χ0) is 63.5. The third-order valence-corrected chi connectivity index (χ3v) is 15.5. The molecule has 0 saturated carbocycles. The topological polar surface area (TPSA) is 33.5 Å². The minimum Gasteiger partial charge on any atom is -0.509 e. The fraction of sp³-hybridized carbons (Fsp3) is 0.333. The molecule has 0 bridgehead atoms. The van der Waals surface area contributed by atoms with Crippen molar-refractivity contribution in [2.75, 3.05) is 9.80 Å². The number of para-hydroxylation sites is 3. The van der Waals surface area contributed by atoms with Gasteiger partial charge in [0.1, 0.15) is 5.82 Å². The van der Waals surface area contributed by atoms with Gasteiger partial charge in [-0.25, -0.2) is 4.98 Å². The fourth-order valence-electron chi connectivity index (χ4n) is 10.6. The van der Waals surface area contributed by atoms with E-state index in [1.807, 2.05) is 107 Å². The van der Waals surface area contributed by atoms with Gasteiger partial charge in [0.05, 0.1) is 13.7 Å². The monoisotopic (exact) mass is 1220 g/mol. The molecule has 0 fully saturated rings. The van der Waals surface area contributed by atoms with E-state index in [4.69, 9.17) is 15.2 Å². The second-order valence-corrected chi connectivity index (χ2v) is 26.6. The molecular formula is C72H77N4OPt-3. The van der Waals surface area contributed by atoms with Gasteiger partial charge in [-0.1, -0.05) is 183 Å². The third-order valence-electron chi connectivity index (χ3n) is 15.5. The smallest absolute Gasteiger partial charge is 0.135 e. The summed E-state index contributed by atoms with van der Waals surface area (Å²) in [5.41, 5.74) is 6.18. The number of hydrogen-bond acceptors (Lipinski definition) is 4. The van der Waals surface area contributed by atoms with Crippen molar-refractivity contribution in [1.29, 1.82) is 0 Å². The molecule has 0 amide bonds. The zero-order valence-electron chi connectivity index (χ0n) is 58.1. The van der Waals surface area contributed by atoms with Crippen LogP contribution in [-0.4, -0.2) is 9.55 Å². The summed E-state index contributed by atoms with van der Waals surface area (Å²) in [5.74, 6) is 1.10. The third kappa shape index (κ3) is 10.0. The normalized spacial score (nSPS) is 17.1. The molecule has 0 N–H and O–H groups in total. The van der Waals surface area contributed by atoms with Crippen molar-refractivity contribution in [3.8, 4) is 39.6 Å². The molecular weight excluding hydrogens is 1130 g/mol.